The highest BCUT2D eigenvalue weighted by atomic mass is 16.5. The molecule has 0 N–H and O–H groups in total. The van der Waals surface area contributed by atoms with Crippen LogP contribution in [0.3, 0.4) is 0 Å². The van der Waals surface area contributed by atoms with E-state index in [2.05, 4.69) is 14.5 Å². The van der Waals surface area contributed by atoms with Gasteiger partial charge in [-0.25, -0.2) is 4.98 Å². The first-order valence-corrected chi connectivity index (χ1v) is 9.47. The third kappa shape index (κ3) is 3.80. The van der Waals surface area contributed by atoms with Crippen LogP contribution in [0.2, 0.25) is 0 Å². The largest absolute Gasteiger partial charge is 0.381 e. The Balaban J connectivity index is 1.46. The highest BCUT2D eigenvalue weighted by Gasteiger charge is 2.27. The highest BCUT2D eigenvalue weighted by Crippen LogP contribution is 2.27. The smallest absolute Gasteiger partial charge is 0.255 e. The Kier molecular flexibility index (Phi) is 5.02. The van der Waals surface area contributed by atoms with Crippen LogP contribution in [0, 0.1) is 18.8 Å². The molecule has 1 aliphatic carbocycles. The van der Waals surface area contributed by atoms with Crippen LogP contribution >= 0.6 is 0 Å². The highest BCUT2D eigenvalue weighted by molar-refractivity contribution is 5.93. The molecule has 138 valence electrons. The number of fused-ring (bicyclic) bond motifs is 1. The summed E-state index contributed by atoms with van der Waals surface area (Å²) in [4.78, 5) is 23.4. The van der Waals surface area contributed by atoms with Crippen LogP contribution in [-0.2, 0) is 17.8 Å². The van der Waals surface area contributed by atoms with Crippen LogP contribution in [0.5, 0.6) is 0 Å². The molecule has 26 heavy (non-hydrogen) atoms. The van der Waals surface area contributed by atoms with Gasteiger partial charge in [0.05, 0.1) is 30.7 Å². The number of carbonyl (C=O) groups excluding carboxylic acids is 1. The van der Waals surface area contributed by atoms with Gasteiger partial charge in [-0.3, -0.25) is 9.78 Å². The average molecular weight is 354 g/mol. The molecule has 3 heterocycles. The van der Waals surface area contributed by atoms with Crippen LogP contribution in [-0.4, -0.2) is 45.1 Å². The number of rotatable bonds is 5. The first-order valence-electron chi connectivity index (χ1n) is 9.47. The Bertz CT molecular complexity index is 751. The van der Waals surface area contributed by atoms with Crippen molar-refractivity contribution in [1.82, 2.24) is 19.4 Å². The first kappa shape index (κ1) is 17.2. The van der Waals surface area contributed by atoms with Crippen LogP contribution < -0.4 is 0 Å². The molecule has 4 rings (SSSR count). The van der Waals surface area contributed by atoms with Crippen molar-refractivity contribution < 1.29 is 9.53 Å². The van der Waals surface area contributed by atoms with Crippen molar-refractivity contribution in [2.75, 3.05) is 19.8 Å². The summed E-state index contributed by atoms with van der Waals surface area (Å²) in [6.45, 7) is 5.57. The maximum Gasteiger partial charge on any atom is 0.255 e. The predicted molar refractivity (Wildman–Crippen MR) is 97.6 cm³/mol. The summed E-state index contributed by atoms with van der Waals surface area (Å²) in [7, 11) is 0. The quantitative estimate of drug-likeness (QED) is 0.828. The van der Waals surface area contributed by atoms with E-state index in [4.69, 9.17) is 4.74 Å². The number of imidazole rings is 1. The lowest BCUT2D eigenvalue weighted by Crippen LogP contribution is -2.35. The summed E-state index contributed by atoms with van der Waals surface area (Å²) in [5.41, 5.74) is 2.62. The monoisotopic (exact) mass is 354 g/mol. The maximum absolute atomic E-state index is 13.0. The van der Waals surface area contributed by atoms with Gasteiger partial charge in [0.15, 0.2) is 0 Å². The fourth-order valence-corrected chi connectivity index (χ4v) is 3.65. The molecule has 1 saturated carbocycles. The number of hydrogen-bond donors (Lipinski definition) is 0. The molecule has 2 aliphatic rings. The van der Waals surface area contributed by atoms with E-state index in [-0.39, 0.29) is 11.8 Å². The molecule has 1 amide bonds. The van der Waals surface area contributed by atoms with Gasteiger partial charge in [0.25, 0.3) is 5.91 Å². The number of nitrogens with zero attached hydrogens (tertiary/aromatic N) is 4. The Morgan fingerprint density at radius 2 is 2.04 bits per heavy atom. The minimum Gasteiger partial charge on any atom is -0.381 e. The SMILES string of the molecule is Cc1ccc(C(=O)N2Cc3cncn3C[C@H](COCC3CCC3)C2)cn1. The summed E-state index contributed by atoms with van der Waals surface area (Å²) in [6, 6.07) is 3.74. The number of pyridine rings is 1. The molecular weight excluding hydrogens is 328 g/mol. The summed E-state index contributed by atoms with van der Waals surface area (Å²) in [5.74, 6) is 1.03. The fourth-order valence-electron chi connectivity index (χ4n) is 3.65. The van der Waals surface area contributed by atoms with Gasteiger partial charge in [0.2, 0.25) is 0 Å². The van der Waals surface area contributed by atoms with Gasteiger partial charge >= 0.3 is 0 Å². The van der Waals surface area contributed by atoms with Crippen molar-refractivity contribution in [2.24, 2.45) is 11.8 Å². The zero-order valence-corrected chi connectivity index (χ0v) is 15.3. The first-order chi connectivity index (χ1) is 12.7. The molecule has 0 bridgehead atoms. The molecular formula is C20H26N4O2. The van der Waals surface area contributed by atoms with Crippen molar-refractivity contribution >= 4 is 5.91 Å². The van der Waals surface area contributed by atoms with Gasteiger partial charge in [-0.05, 0) is 37.8 Å². The molecule has 0 aromatic carbocycles. The van der Waals surface area contributed by atoms with E-state index in [0.29, 0.717) is 25.3 Å². The van der Waals surface area contributed by atoms with Gasteiger partial charge in [-0.1, -0.05) is 6.42 Å². The van der Waals surface area contributed by atoms with Crippen molar-refractivity contribution in [3.63, 3.8) is 0 Å². The molecule has 0 spiro atoms. The average Bonchev–Trinajstić information content (AvgIpc) is 2.95. The van der Waals surface area contributed by atoms with E-state index >= 15 is 0 Å². The maximum atomic E-state index is 13.0. The van der Waals surface area contributed by atoms with Crippen LogP contribution in [0.15, 0.2) is 30.9 Å². The number of ether oxygens (including phenoxy) is 1. The van der Waals surface area contributed by atoms with Crippen molar-refractivity contribution in [3.8, 4) is 0 Å². The van der Waals surface area contributed by atoms with Crippen LogP contribution in [0.25, 0.3) is 0 Å². The van der Waals surface area contributed by atoms with Gasteiger partial charge < -0.3 is 14.2 Å². The van der Waals surface area contributed by atoms with Gasteiger partial charge in [0, 0.05) is 43.7 Å². The molecule has 2 aromatic rings. The molecule has 1 aliphatic heterocycles. The second-order valence-electron chi connectivity index (χ2n) is 7.61. The lowest BCUT2D eigenvalue weighted by atomic mass is 9.86. The van der Waals surface area contributed by atoms with Gasteiger partial charge in [0.1, 0.15) is 0 Å². The number of aromatic nitrogens is 3. The lowest BCUT2D eigenvalue weighted by molar-refractivity contribution is 0.0346. The number of carbonyl (C=O) groups is 1. The van der Waals surface area contributed by atoms with E-state index in [1.165, 1.54) is 19.3 Å². The Labute approximate surface area is 154 Å². The van der Waals surface area contributed by atoms with E-state index in [9.17, 15) is 4.79 Å². The standard InChI is InChI=1S/C20H26N4O2/c1-15-5-6-18(7-22-15)20(25)23-9-17(13-26-12-16-3-2-4-16)10-24-14-21-8-19(24)11-23/h5-8,14,16-17H,2-4,9-13H2,1H3/t17-/m1/s1. The Morgan fingerprint density at radius 1 is 1.19 bits per heavy atom. The van der Waals surface area contributed by atoms with Crippen LogP contribution in [0.1, 0.15) is 41.0 Å². The second-order valence-corrected chi connectivity index (χ2v) is 7.61. The van der Waals surface area contributed by atoms with E-state index in [1.807, 2.05) is 36.5 Å². The Hall–Kier alpha value is -2.21. The van der Waals surface area contributed by atoms with Crippen molar-refractivity contribution in [2.45, 2.75) is 39.3 Å². The minimum absolute atomic E-state index is 0.0242. The van der Waals surface area contributed by atoms with Crippen molar-refractivity contribution in [3.05, 3.63) is 47.8 Å². The summed E-state index contributed by atoms with van der Waals surface area (Å²) in [6.07, 6.45) is 9.30. The normalized spacial score (nSPS) is 20.3. The van der Waals surface area contributed by atoms with Gasteiger partial charge in [-0.2, -0.15) is 0 Å². The molecule has 6 heteroatoms. The van der Waals surface area contributed by atoms with Crippen molar-refractivity contribution in [1.29, 1.82) is 0 Å². The topological polar surface area (TPSA) is 60.2 Å². The molecule has 6 nitrogen and oxygen atoms in total. The van der Waals surface area contributed by atoms with E-state index in [0.717, 1.165) is 30.5 Å². The van der Waals surface area contributed by atoms with E-state index in [1.54, 1.807) is 6.20 Å². The second kappa shape index (κ2) is 7.58. The third-order valence-electron chi connectivity index (χ3n) is 5.46. The molecule has 1 atom stereocenters. The summed E-state index contributed by atoms with van der Waals surface area (Å²) < 4.78 is 8.14. The summed E-state index contributed by atoms with van der Waals surface area (Å²) >= 11 is 0. The van der Waals surface area contributed by atoms with Crippen LogP contribution in [0.4, 0.5) is 0 Å². The number of aryl methyl sites for hydroxylation is 1. The zero-order chi connectivity index (χ0) is 17.9. The zero-order valence-electron chi connectivity index (χ0n) is 15.3. The third-order valence-corrected chi connectivity index (χ3v) is 5.46. The number of hydrogen-bond acceptors (Lipinski definition) is 4. The lowest BCUT2D eigenvalue weighted by Gasteiger charge is -2.27. The fraction of sp³-hybridized carbons (Fsp3) is 0.550. The minimum atomic E-state index is 0.0242. The molecule has 0 radical (unpaired) electrons. The molecule has 0 unspecified atom stereocenters. The molecule has 2 aromatic heterocycles. The molecule has 0 saturated heterocycles. The summed E-state index contributed by atoms with van der Waals surface area (Å²) in [5, 5.41) is 0. The van der Waals surface area contributed by atoms with Gasteiger partial charge in [-0.15, -0.1) is 0 Å². The number of amides is 1. The Morgan fingerprint density at radius 3 is 2.77 bits per heavy atom. The van der Waals surface area contributed by atoms with E-state index < -0.39 is 0 Å². The predicted octanol–water partition coefficient (Wildman–Crippen LogP) is 2.68. The molecule has 1 fully saturated rings.